The molecular weight excluding hydrogens is 713 g/mol. The molecule has 13 nitrogen and oxygen atoms in total. The van der Waals surface area contributed by atoms with E-state index in [1.165, 1.54) is 0 Å². The molecule has 0 amide bonds. The maximum Gasteiger partial charge on any atom is 0.260 e. The van der Waals surface area contributed by atoms with Gasteiger partial charge in [-0.1, -0.05) is 19.8 Å². The Morgan fingerprint density at radius 3 is 2.14 bits per heavy atom. The van der Waals surface area contributed by atoms with Crippen molar-refractivity contribution >= 4 is 16.9 Å². The van der Waals surface area contributed by atoms with Crippen molar-refractivity contribution in [3.63, 3.8) is 0 Å². The summed E-state index contributed by atoms with van der Waals surface area (Å²) in [6, 6.07) is 12.1. The largest absolute Gasteiger partial charge is 0.497 e. The molecule has 1 saturated heterocycles. The lowest BCUT2D eigenvalue weighted by atomic mass is 9.85. The zero-order valence-electron chi connectivity index (χ0n) is 35.0. The molecule has 1 N–H and O–H groups in total. The molecule has 13 heteroatoms. The SMILES string of the molecule is CCCCc1nc2c(N(Cc3ccc(OC)cc3OC)Cc3ccc(OC)cc3OC)nnc(OC(C)C)c2n1C[C@H]1CCC[C@H](NC2OC2OC(C)(C)C)C1. The van der Waals surface area contributed by atoms with Crippen molar-refractivity contribution in [2.45, 2.75) is 136 Å². The number of nitrogens with one attached hydrogen (secondary N) is 1. The van der Waals surface area contributed by atoms with Crippen molar-refractivity contribution in [1.29, 1.82) is 0 Å². The van der Waals surface area contributed by atoms with Gasteiger partial charge >= 0.3 is 0 Å². The maximum absolute atomic E-state index is 6.44. The summed E-state index contributed by atoms with van der Waals surface area (Å²) in [7, 11) is 6.65. The fourth-order valence-electron chi connectivity index (χ4n) is 7.63. The van der Waals surface area contributed by atoms with Crippen LogP contribution in [0.2, 0.25) is 0 Å². The van der Waals surface area contributed by atoms with Gasteiger partial charge in [0.2, 0.25) is 0 Å². The Hall–Kier alpha value is -4.33. The number of ether oxygens (including phenoxy) is 7. The summed E-state index contributed by atoms with van der Waals surface area (Å²) in [4.78, 5) is 7.62. The number of aromatic nitrogens is 4. The van der Waals surface area contributed by atoms with Gasteiger partial charge in [0, 0.05) is 55.4 Å². The Bertz CT molecular complexity index is 1850. The van der Waals surface area contributed by atoms with Gasteiger partial charge in [-0.05, 0) is 90.5 Å². The number of methoxy groups -OCH3 is 4. The second kappa shape index (κ2) is 18.3. The Balaban J connectivity index is 1.41. The second-order valence-electron chi connectivity index (χ2n) is 16.2. The molecule has 2 fully saturated rings. The fraction of sp³-hybridized carbons (Fsp3) is 0.605. The first-order valence-electron chi connectivity index (χ1n) is 20.1. The maximum atomic E-state index is 6.44. The van der Waals surface area contributed by atoms with Crippen molar-refractivity contribution in [2.24, 2.45) is 5.92 Å². The Morgan fingerprint density at radius 1 is 0.911 bits per heavy atom. The van der Waals surface area contributed by atoms with Crippen LogP contribution < -0.4 is 33.9 Å². The van der Waals surface area contributed by atoms with Crippen LogP contribution in [0.15, 0.2) is 36.4 Å². The molecule has 56 heavy (non-hydrogen) atoms. The highest BCUT2D eigenvalue weighted by Gasteiger charge is 2.44. The third-order valence-electron chi connectivity index (χ3n) is 10.4. The lowest BCUT2D eigenvalue weighted by Crippen LogP contribution is -2.38. The highest BCUT2D eigenvalue weighted by Crippen LogP contribution is 2.38. The minimum absolute atomic E-state index is 0.0596. The van der Waals surface area contributed by atoms with Crippen molar-refractivity contribution in [2.75, 3.05) is 33.3 Å². The number of imidazole rings is 1. The minimum Gasteiger partial charge on any atom is -0.497 e. The van der Waals surface area contributed by atoms with Gasteiger partial charge in [0.15, 0.2) is 18.3 Å². The summed E-state index contributed by atoms with van der Waals surface area (Å²) in [5.41, 5.74) is 3.31. The molecule has 6 rings (SSSR count). The topological polar surface area (TPSA) is 127 Å². The minimum atomic E-state index is -0.248. The highest BCUT2D eigenvalue weighted by molar-refractivity contribution is 5.90. The Morgan fingerprint density at radius 2 is 1.57 bits per heavy atom. The molecule has 4 atom stereocenters. The summed E-state index contributed by atoms with van der Waals surface area (Å²) in [6.07, 6.45) is 6.95. The first kappa shape index (κ1) is 41.3. The average Bonchev–Trinajstić information content (AvgIpc) is 3.78. The summed E-state index contributed by atoms with van der Waals surface area (Å²) >= 11 is 0. The molecule has 2 aromatic carbocycles. The number of fused-ring (bicyclic) bond motifs is 1. The van der Waals surface area contributed by atoms with E-state index in [0.717, 1.165) is 79.5 Å². The predicted molar refractivity (Wildman–Crippen MR) is 217 cm³/mol. The Labute approximate surface area is 332 Å². The van der Waals surface area contributed by atoms with E-state index in [0.29, 0.717) is 59.7 Å². The smallest absolute Gasteiger partial charge is 0.260 e. The number of nitrogens with zero attached hydrogens (tertiary/aromatic N) is 5. The normalized spacial score (nSPS) is 19.6. The number of aryl methyl sites for hydroxylation is 1. The van der Waals surface area contributed by atoms with Crippen LogP contribution in [0.4, 0.5) is 5.82 Å². The van der Waals surface area contributed by atoms with Gasteiger partial charge in [0.25, 0.3) is 5.88 Å². The van der Waals surface area contributed by atoms with Crippen molar-refractivity contribution in [3.05, 3.63) is 53.3 Å². The zero-order chi connectivity index (χ0) is 40.0. The zero-order valence-corrected chi connectivity index (χ0v) is 35.0. The fourth-order valence-corrected chi connectivity index (χ4v) is 7.63. The molecule has 1 saturated carbocycles. The summed E-state index contributed by atoms with van der Waals surface area (Å²) in [5.74, 6) is 5.45. The van der Waals surface area contributed by atoms with E-state index in [4.69, 9.17) is 48.3 Å². The van der Waals surface area contributed by atoms with Gasteiger partial charge in [-0.15, -0.1) is 10.2 Å². The monoisotopic (exact) mass is 774 g/mol. The molecule has 3 heterocycles. The van der Waals surface area contributed by atoms with E-state index >= 15 is 0 Å². The average molecular weight is 775 g/mol. The highest BCUT2D eigenvalue weighted by atomic mass is 16.8. The third kappa shape index (κ3) is 10.1. The van der Waals surface area contributed by atoms with E-state index in [2.05, 4.69) is 42.5 Å². The molecule has 4 aromatic rings. The summed E-state index contributed by atoms with van der Waals surface area (Å²) < 4.78 is 43.5. The lowest BCUT2D eigenvalue weighted by molar-refractivity contribution is -0.0571. The molecule has 0 spiro atoms. The van der Waals surface area contributed by atoms with Gasteiger partial charge in [0.05, 0.1) is 40.1 Å². The number of rotatable bonds is 19. The van der Waals surface area contributed by atoms with Crippen LogP contribution >= 0.6 is 0 Å². The van der Waals surface area contributed by atoms with Crippen LogP contribution in [-0.4, -0.2) is 78.5 Å². The number of epoxide rings is 1. The van der Waals surface area contributed by atoms with Crippen LogP contribution in [0.3, 0.4) is 0 Å². The van der Waals surface area contributed by atoms with Crippen LogP contribution in [-0.2, 0) is 35.5 Å². The number of hydrogen-bond acceptors (Lipinski definition) is 12. The van der Waals surface area contributed by atoms with E-state index in [-0.39, 0.29) is 24.2 Å². The molecule has 2 aliphatic rings. The molecular formula is C43H62N6O7. The number of unbranched alkanes of at least 4 members (excludes halogenated alkanes) is 1. The number of hydrogen-bond donors (Lipinski definition) is 1. The molecule has 306 valence electrons. The van der Waals surface area contributed by atoms with Gasteiger partial charge in [0.1, 0.15) is 39.9 Å². The third-order valence-corrected chi connectivity index (χ3v) is 10.4. The van der Waals surface area contributed by atoms with Gasteiger partial charge in [-0.25, -0.2) is 4.98 Å². The molecule has 2 unspecified atom stereocenters. The number of benzene rings is 2. The quantitative estimate of drug-likeness (QED) is 0.0933. The standard InChI is InChI=1S/C43H62N6O7/c1-11-12-16-36-45-37-38(49(36)24-28-14-13-15-31(21-28)44-41-42(55-41)56-43(4,5)6)40(54-27(2)3)47-46-39(37)48(25-29-17-19-32(50-7)22-34(29)52-9)26-30-18-20-33(51-8)23-35(30)53-10/h17-20,22-23,27-28,31,41-42,44H,11-16,21,24-26H2,1-10H3/t28-,31-,41?,42?/m0/s1. The van der Waals surface area contributed by atoms with Crippen molar-refractivity contribution < 1.29 is 33.2 Å². The van der Waals surface area contributed by atoms with E-state index in [1.54, 1.807) is 28.4 Å². The van der Waals surface area contributed by atoms with Crippen LogP contribution in [0, 0.1) is 5.92 Å². The van der Waals surface area contributed by atoms with E-state index in [9.17, 15) is 0 Å². The van der Waals surface area contributed by atoms with Crippen LogP contribution in [0.5, 0.6) is 28.9 Å². The van der Waals surface area contributed by atoms with Crippen LogP contribution in [0.25, 0.3) is 11.0 Å². The molecule has 0 radical (unpaired) electrons. The summed E-state index contributed by atoms with van der Waals surface area (Å²) in [5, 5.41) is 13.5. The second-order valence-corrected chi connectivity index (χ2v) is 16.2. The van der Waals surface area contributed by atoms with Crippen LogP contribution in [0.1, 0.15) is 97.0 Å². The van der Waals surface area contributed by atoms with Crippen molar-refractivity contribution in [1.82, 2.24) is 25.1 Å². The van der Waals surface area contributed by atoms with Gasteiger partial charge < -0.3 is 42.6 Å². The molecule has 1 aliphatic carbocycles. The van der Waals surface area contributed by atoms with Crippen molar-refractivity contribution in [3.8, 4) is 28.9 Å². The van der Waals surface area contributed by atoms with Gasteiger partial charge in [-0.2, -0.15) is 0 Å². The molecule has 0 bridgehead atoms. The van der Waals surface area contributed by atoms with E-state index < -0.39 is 0 Å². The number of anilines is 1. The van der Waals surface area contributed by atoms with E-state index in [1.807, 2.05) is 50.2 Å². The molecule has 1 aliphatic heterocycles. The summed E-state index contributed by atoms with van der Waals surface area (Å²) in [6.45, 7) is 14.1. The van der Waals surface area contributed by atoms with Gasteiger partial charge in [-0.3, -0.25) is 5.32 Å². The first-order chi connectivity index (χ1) is 26.9. The Kier molecular flexibility index (Phi) is 13.5. The first-order valence-corrected chi connectivity index (χ1v) is 20.1. The molecule has 2 aromatic heterocycles. The predicted octanol–water partition coefficient (Wildman–Crippen LogP) is 7.84. The lowest BCUT2D eigenvalue weighted by Gasteiger charge is -2.30.